The van der Waals surface area contributed by atoms with Crippen molar-refractivity contribution >= 4 is 22.2 Å². The molecule has 0 aromatic carbocycles. The van der Waals surface area contributed by atoms with Crippen molar-refractivity contribution in [1.29, 1.82) is 0 Å². The first-order valence-corrected chi connectivity index (χ1v) is 5.84. The first-order valence-electron chi connectivity index (χ1n) is 4.12. The maximum Gasteiger partial charge on any atom is 0.154 e. The van der Waals surface area contributed by atoms with Gasteiger partial charge in [0.1, 0.15) is 0 Å². The lowest BCUT2D eigenvalue weighted by Crippen LogP contribution is -2.35. The molecule has 2 atom stereocenters. The van der Waals surface area contributed by atoms with Gasteiger partial charge < -0.3 is 5.32 Å². The fraction of sp³-hybridized carbons (Fsp3) is 1.00. The highest BCUT2D eigenvalue weighted by Crippen LogP contribution is 2.28. The summed E-state index contributed by atoms with van der Waals surface area (Å²) >= 11 is 0. The van der Waals surface area contributed by atoms with Crippen molar-refractivity contribution in [3.05, 3.63) is 0 Å². The van der Waals surface area contributed by atoms with Gasteiger partial charge >= 0.3 is 0 Å². The summed E-state index contributed by atoms with van der Waals surface area (Å²) in [4.78, 5) is 0. The van der Waals surface area contributed by atoms with E-state index < -0.39 is 9.84 Å². The van der Waals surface area contributed by atoms with Gasteiger partial charge in [-0.2, -0.15) is 0 Å². The van der Waals surface area contributed by atoms with E-state index in [1.54, 1.807) is 0 Å². The van der Waals surface area contributed by atoms with Crippen molar-refractivity contribution in [2.24, 2.45) is 5.92 Å². The summed E-state index contributed by atoms with van der Waals surface area (Å²) in [5, 5.41) is 3.08. The van der Waals surface area contributed by atoms with Crippen LogP contribution in [0.5, 0.6) is 0 Å². The molecule has 0 bridgehead atoms. The fourth-order valence-corrected chi connectivity index (χ4v) is 4.18. The SMILES string of the molecule is Cl.O=S1(=O)CCCC2CNCC21. The second-order valence-electron chi connectivity index (χ2n) is 3.47. The van der Waals surface area contributed by atoms with Gasteiger partial charge in [0.2, 0.25) is 0 Å². The summed E-state index contributed by atoms with van der Waals surface area (Å²) < 4.78 is 22.8. The van der Waals surface area contributed by atoms with Crippen LogP contribution in [0.15, 0.2) is 0 Å². The van der Waals surface area contributed by atoms with Crippen LogP contribution in [0, 0.1) is 5.92 Å². The Balaban J connectivity index is 0.000000720. The number of hydrogen-bond donors (Lipinski definition) is 1. The number of sulfone groups is 1. The third kappa shape index (κ3) is 1.60. The van der Waals surface area contributed by atoms with E-state index in [1.165, 1.54) is 0 Å². The number of fused-ring (bicyclic) bond motifs is 1. The molecule has 0 aliphatic carbocycles. The van der Waals surface area contributed by atoms with Crippen molar-refractivity contribution in [1.82, 2.24) is 5.32 Å². The molecule has 2 fully saturated rings. The average molecular weight is 212 g/mol. The molecule has 0 saturated carbocycles. The van der Waals surface area contributed by atoms with Gasteiger partial charge in [0.25, 0.3) is 0 Å². The van der Waals surface area contributed by atoms with Crippen molar-refractivity contribution in [2.45, 2.75) is 18.1 Å². The number of halogens is 1. The minimum absolute atomic E-state index is 0. The first kappa shape index (κ1) is 10.3. The van der Waals surface area contributed by atoms with Gasteiger partial charge in [-0.05, 0) is 25.3 Å². The summed E-state index contributed by atoms with van der Waals surface area (Å²) in [6, 6.07) is 0. The molecule has 1 N–H and O–H groups in total. The van der Waals surface area contributed by atoms with E-state index in [0.29, 0.717) is 18.2 Å². The van der Waals surface area contributed by atoms with Crippen LogP contribution in [0.3, 0.4) is 0 Å². The van der Waals surface area contributed by atoms with Crippen molar-refractivity contribution in [2.75, 3.05) is 18.8 Å². The Kier molecular flexibility index (Phi) is 3.01. The summed E-state index contributed by atoms with van der Waals surface area (Å²) in [6.45, 7) is 1.59. The van der Waals surface area contributed by atoms with Crippen LogP contribution >= 0.6 is 12.4 Å². The van der Waals surface area contributed by atoms with Crippen molar-refractivity contribution in [3.63, 3.8) is 0 Å². The predicted octanol–water partition coefficient (Wildman–Crippen LogP) is 0.205. The number of nitrogens with one attached hydrogen (secondary N) is 1. The first-order chi connectivity index (χ1) is 5.20. The minimum Gasteiger partial charge on any atom is -0.315 e. The molecule has 3 nitrogen and oxygen atoms in total. The molecule has 12 heavy (non-hydrogen) atoms. The van der Waals surface area contributed by atoms with Crippen LogP contribution < -0.4 is 5.32 Å². The van der Waals surface area contributed by atoms with Crippen molar-refractivity contribution < 1.29 is 8.42 Å². The van der Waals surface area contributed by atoms with Gasteiger partial charge in [-0.1, -0.05) is 0 Å². The molecule has 2 aliphatic rings. The molecular formula is C7H14ClNO2S. The van der Waals surface area contributed by atoms with Gasteiger partial charge in [0, 0.05) is 6.54 Å². The molecular weight excluding hydrogens is 198 g/mol. The monoisotopic (exact) mass is 211 g/mol. The Morgan fingerprint density at radius 2 is 2.00 bits per heavy atom. The molecule has 0 aromatic heterocycles. The topological polar surface area (TPSA) is 46.2 Å². The van der Waals surface area contributed by atoms with E-state index in [-0.39, 0.29) is 17.7 Å². The van der Waals surface area contributed by atoms with Crippen LogP contribution in [-0.2, 0) is 9.84 Å². The van der Waals surface area contributed by atoms with Gasteiger partial charge in [-0.25, -0.2) is 8.42 Å². The lowest BCUT2D eigenvalue weighted by Gasteiger charge is -2.23. The lowest BCUT2D eigenvalue weighted by atomic mass is 10.0. The smallest absolute Gasteiger partial charge is 0.154 e. The molecule has 5 heteroatoms. The zero-order valence-corrected chi connectivity index (χ0v) is 8.46. The van der Waals surface area contributed by atoms with E-state index in [1.807, 2.05) is 0 Å². The minimum atomic E-state index is -2.72. The molecule has 2 saturated heterocycles. The van der Waals surface area contributed by atoms with Crippen molar-refractivity contribution in [3.8, 4) is 0 Å². The highest BCUT2D eigenvalue weighted by molar-refractivity contribution is 7.92. The Labute approximate surface area is 79.2 Å². The van der Waals surface area contributed by atoms with Crippen LogP contribution in [0.2, 0.25) is 0 Å². The largest absolute Gasteiger partial charge is 0.315 e. The van der Waals surface area contributed by atoms with Gasteiger partial charge in [0.05, 0.1) is 11.0 Å². The maximum atomic E-state index is 11.4. The van der Waals surface area contributed by atoms with E-state index in [2.05, 4.69) is 5.32 Å². The molecule has 2 aliphatic heterocycles. The Morgan fingerprint density at radius 1 is 1.25 bits per heavy atom. The fourth-order valence-electron chi connectivity index (χ4n) is 2.12. The molecule has 2 unspecified atom stereocenters. The Bertz CT molecular complexity index is 252. The Morgan fingerprint density at radius 3 is 2.67 bits per heavy atom. The third-order valence-electron chi connectivity index (χ3n) is 2.74. The molecule has 0 aromatic rings. The third-order valence-corrected chi connectivity index (χ3v) is 5.07. The average Bonchev–Trinajstić information content (AvgIpc) is 2.34. The van der Waals surface area contributed by atoms with Crippen LogP contribution in [0.4, 0.5) is 0 Å². The van der Waals surface area contributed by atoms with E-state index in [0.717, 1.165) is 19.4 Å². The Hall–Kier alpha value is 0.200. The zero-order chi connectivity index (χ0) is 7.90. The number of rotatable bonds is 0. The second kappa shape index (κ2) is 3.52. The summed E-state index contributed by atoms with van der Waals surface area (Å²) in [7, 11) is -2.72. The molecule has 0 radical (unpaired) electrons. The lowest BCUT2D eigenvalue weighted by molar-refractivity contribution is 0.477. The van der Waals surface area contributed by atoms with Gasteiger partial charge in [-0.3, -0.25) is 0 Å². The zero-order valence-electron chi connectivity index (χ0n) is 6.82. The van der Waals surface area contributed by atoms with E-state index in [9.17, 15) is 8.42 Å². The van der Waals surface area contributed by atoms with Crippen LogP contribution in [-0.4, -0.2) is 32.5 Å². The highest BCUT2D eigenvalue weighted by Gasteiger charge is 2.39. The van der Waals surface area contributed by atoms with E-state index in [4.69, 9.17) is 0 Å². The molecule has 72 valence electrons. The maximum absolute atomic E-state index is 11.4. The quantitative estimate of drug-likeness (QED) is 0.623. The summed E-state index contributed by atoms with van der Waals surface area (Å²) in [5.41, 5.74) is 0. The normalized spacial score (nSPS) is 38.3. The van der Waals surface area contributed by atoms with Crippen LogP contribution in [0.25, 0.3) is 0 Å². The standard InChI is InChI=1S/C7H13NO2S.ClH/c9-11(10)3-1-2-6-4-8-5-7(6)11;/h6-8H,1-5H2;1H. The number of hydrogen-bond acceptors (Lipinski definition) is 3. The molecule has 2 heterocycles. The molecule has 2 rings (SSSR count). The second-order valence-corrected chi connectivity index (χ2v) is 5.81. The predicted molar refractivity (Wildman–Crippen MR) is 50.4 cm³/mol. The van der Waals surface area contributed by atoms with Crippen LogP contribution in [0.1, 0.15) is 12.8 Å². The van der Waals surface area contributed by atoms with Gasteiger partial charge in [0.15, 0.2) is 9.84 Å². The molecule has 0 spiro atoms. The summed E-state index contributed by atoms with van der Waals surface area (Å²) in [5.74, 6) is 0.823. The molecule has 0 amide bonds. The van der Waals surface area contributed by atoms with Gasteiger partial charge in [-0.15, -0.1) is 12.4 Å². The van der Waals surface area contributed by atoms with E-state index >= 15 is 0 Å². The summed E-state index contributed by atoms with van der Waals surface area (Å²) in [6.07, 6.45) is 1.96. The highest BCUT2D eigenvalue weighted by atomic mass is 35.5.